The van der Waals surface area contributed by atoms with Gasteiger partial charge in [0.25, 0.3) is 0 Å². The molecule has 2 aromatic heterocycles. The summed E-state index contributed by atoms with van der Waals surface area (Å²) in [7, 11) is 0. The van der Waals surface area contributed by atoms with E-state index in [0.29, 0.717) is 0 Å². The molecular weight excluding hydrogens is 228 g/mol. The van der Waals surface area contributed by atoms with Gasteiger partial charge < -0.3 is 14.4 Å². The van der Waals surface area contributed by atoms with E-state index in [0.717, 1.165) is 48.9 Å². The molecule has 5 nitrogen and oxygen atoms in total. The highest BCUT2D eigenvalue weighted by molar-refractivity contribution is 5.20. The average Bonchev–Trinajstić information content (AvgIpc) is 2.91. The summed E-state index contributed by atoms with van der Waals surface area (Å²) >= 11 is 0. The standard InChI is InChI=1S/C13H20N4O/c1-4-6-17-7-5-15-13(17)9-14-8-12-10(2)16-18-11(12)3/h5,7,14H,4,6,8-9H2,1-3H3. The Kier molecular flexibility index (Phi) is 4.15. The summed E-state index contributed by atoms with van der Waals surface area (Å²) in [5.74, 6) is 1.96. The lowest BCUT2D eigenvalue weighted by molar-refractivity contribution is 0.391. The van der Waals surface area contributed by atoms with Gasteiger partial charge >= 0.3 is 0 Å². The fourth-order valence-electron chi connectivity index (χ4n) is 2.01. The van der Waals surface area contributed by atoms with Crippen molar-refractivity contribution in [2.75, 3.05) is 0 Å². The van der Waals surface area contributed by atoms with Crippen molar-refractivity contribution in [1.29, 1.82) is 0 Å². The zero-order valence-electron chi connectivity index (χ0n) is 11.2. The molecule has 0 aromatic carbocycles. The van der Waals surface area contributed by atoms with Gasteiger partial charge in [0.1, 0.15) is 11.6 Å². The van der Waals surface area contributed by atoms with Gasteiger partial charge in [-0.1, -0.05) is 12.1 Å². The first-order valence-corrected chi connectivity index (χ1v) is 6.34. The van der Waals surface area contributed by atoms with Gasteiger partial charge in [0.2, 0.25) is 0 Å². The lowest BCUT2D eigenvalue weighted by Crippen LogP contribution is -2.17. The highest BCUT2D eigenvalue weighted by Crippen LogP contribution is 2.11. The van der Waals surface area contributed by atoms with Crippen molar-refractivity contribution in [3.63, 3.8) is 0 Å². The van der Waals surface area contributed by atoms with Crippen LogP contribution in [0.25, 0.3) is 0 Å². The van der Waals surface area contributed by atoms with E-state index in [1.165, 1.54) is 0 Å². The number of aromatic nitrogens is 3. The van der Waals surface area contributed by atoms with E-state index >= 15 is 0 Å². The molecule has 0 saturated heterocycles. The van der Waals surface area contributed by atoms with Gasteiger partial charge in [-0.2, -0.15) is 0 Å². The Morgan fingerprint density at radius 3 is 2.83 bits per heavy atom. The van der Waals surface area contributed by atoms with E-state index in [-0.39, 0.29) is 0 Å². The minimum atomic E-state index is 0.761. The Hall–Kier alpha value is -1.62. The first-order valence-electron chi connectivity index (χ1n) is 6.34. The third-order valence-corrected chi connectivity index (χ3v) is 3.03. The number of hydrogen-bond acceptors (Lipinski definition) is 4. The molecule has 0 bridgehead atoms. The Labute approximate surface area is 107 Å². The Balaban J connectivity index is 1.90. The Morgan fingerprint density at radius 2 is 2.17 bits per heavy atom. The van der Waals surface area contributed by atoms with Crippen molar-refractivity contribution in [3.05, 3.63) is 35.2 Å². The predicted octanol–water partition coefficient (Wildman–Crippen LogP) is 2.19. The predicted molar refractivity (Wildman–Crippen MR) is 69.0 cm³/mol. The molecule has 0 aliphatic rings. The van der Waals surface area contributed by atoms with Crippen LogP contribution in [0.1, 0.15) is 36.2 Å². The molecule has 0 aliphatic heterocycles. The van der Waals surface area contributed by atoms with Crippen LogP contribution in [0.3, 0.4) is 0 Å². The summed E-state index contributed by atoms with van der Waals surface area (Å²) in [5, 5.41) is 7.33. The second-order valence-electron chi connectivity index (χ2n) is 4.44. The molecule has 0 atom stereocenters. The molecule has 0 saturated carbocycles. The van der Waals surface area contributed by atoms with Crippen LogP contribution in [-0.2, 0) is 19.6 Å². The van der Waals surface area contributed by atoms with E-state index in [1.807, 2.05) is 26.2 Å². The summed E-state index contributed by atoms with van der Waals surface area (Å²) in [6, 6.07) is 0. The zero-order valence-corrected chi connectivity index (χ0v) is 11.2. The van der Waals surface area contributed by atoms with Crippen LogP contribution in [0.15, 0.2) is 16.9 Å². The largest absolute Gasteiger partial charge is 0.361 e. The van der Waals surface area contributed by atoms with Crippen molar-refractivity contribution in [3.8, 4) is 0 Å². The molecule has 98 valence electrons. The van der Waals surface area contributed by atoms with Gasteiger partial charge in [-0.05, 0) is 20.3 Å². The van der Waals surface area contributed by atoms with Gasteiger partial charge in [0.15, 0.2) is 0 Å². The van der Waals surface area contributed by atoms with E-state index in [4.69, 9.17) is 4.52 Å². The molecule has 0 spiro atoms. The number of nitrogens with zero attached hydrogens (tertiary/aromatic N) is 3. The summed E-state index contributed by atoms with van der Waals surface area (Å²) < 4.78 is 7.32. The number of aryl methyl sites for hydroxylation is 3. The first kappa shape index (κ1) is 12.8. The highest BCUT2D eigenvalue weighted by Gasteiger charge is 2.08. The Morgan fingerprint density at radius 1 is 1.33 bits per heavy atom. The summed E-state index contributed by atoms with van der Waals surface area (Å²) in [6.45, 7) is 8.61. The molecule has 5 heteroatoms. The highest BCUT2D eigenvalue weighted by atomic mass is 16.5. The normalized spacial score (nSPS) is 11.1. The SMILES string of the molecule is CCCn1ccnc1CNCc1c(C)noc1C. The second kappa shape index (κ2) is 5.82. The first-order chi connectivity index (χ1) is 8.72. The minimum absolute atomic E-state index is 0.761. The van der Waals surface area contributed by atoms with Gasteiger partial charge in [-0.25, -0.2) is 4.98 Å². The van der Waals surface area contributed by atoms with E-state index < -0.39 is 0 Å². The van der Waals surface area contributed by atoms with Gasteiger partial charge in [-0.3, -0.25) is 0 Å². The molecule has 2 aromatic rings. The van der Waals surface area contributed by atoms with Crippen LogP contribution in [0.4, 0.5) is 0 Å². The second-order valence-corrected chi connectivity index (χ2v) is 4.44. The van der Waals surface area contributed by atoms with Crippen LogP contribution < -0.4 is 5.32 Å². The molecule has 2 heterocycles. The van der Waals surface area contributed by atoms with Crippen molar-refractivity contribution < 1.29 is 4.52 Å². The van der Waals surface area contributed by atoms with Crippen molar-refractivity contribution in [2.24, 2.45) is 0 Å². The number of nitrogens with one attached hydrogen (secondary N) is 1. The molecule has 0 amide bonds. The number of rotatable bonds is 6. The number of hydrogen-bond donors (Lipinski definition) is 1. The van der Waals surface area contributed by atoms with E-state index in [2.05, 4.69) is 26.9 Å². The van der Waals surface area contributed by atoms with Crippen LogP contribution in [0, 0.1) is 13.8 Å². The molecule has 0 fully saturated rings. The van der Waals surface area contributed by atoms with Crippen molar-refractivity contribution >= 4 is 0 Å². The molecule has 0 aliphatic carbocycles. The van der Waals surface area contributed by atoms with E-state index in [1.54, 1.807) is 0 Å². The monoisotopic (exact) mass is 248 g/mol. The quantitative estimate of drug-likeness (QED) is 0.851. The summed E-state index contributed by atoms with van der Waals surface area (Å²) in [6.07, 6.45) is 4.99. The van der Waals surface area contributed by atoms with Gasteiger partial charge in [0.05, 0.1) is 12.2 Å². The smallest absolute Gasteiger partial charge is 0.138 e. The van der Waals surface area contributed by atoms with Crippen LogP contribution in [0.5, 0.6) is 0 Å². The third kappa shape index (κ3) is 2.79. The summed E-state index contributed by atoms with van der Waals surface area (Å²) in [5.41, 5.74) is 2.10. The van der Waals surface area contributed by atoms with Crippen LogP contribution in [0.2, 0.25) is 0 Å². The maximum atomic E-state index is 5.13. The molecule has 2 rings (SSSR count). The lowest BCUT2D eigenvalue weighted by Gasteiger charge is -2.07. The maximum Gasteiger partial charge on any atom is 0.138 e. The fraction of sp³-hybridized carbons (Fsp3) is 0.538. The van der Waals surface area contributed by atoms with Crippen LogP contribution >= 0.6 is 0 Å². The molecule has 0 unspecified atom stereocenters. The molecular formula is C13H20N4O. The minimum Gasteiger partial charge on any atom is -0.361 e. The zero-order chi connectivity index (χ0) is 13.0. The molecule has 0 radical (unpaired) electrons. The summed E-state index contributed by atoms with van der Waals surface area (Å²) in [4.78, 5) is 4.36. The number of imidazole rings is 1. The van der Waals surface area contributed by atoms with Gasteiger partial charge in [-0.15, -0.1) is 0 Å². The average molecular weight is 248 g/mol. The lowest BCUT2D eigenvalue weighted by atomic mass is 10.2. The molecule has 18 heavy (non-hydrogen) atoms. The maximum absolute atomic E-state index is 5.13. The molecule has 1 N–H and O–H groups in total. The Bertz CT molecular complexity index is 481. The fourth-order valence-corrected chi connectivity index (χ4v) is 2.01. The van der Waals surface area contributed by atoms with Gasteiger partial charge in [0, 0.05) is 31.0 Å². The van der Waals surface area contributed by atoms with Crippen molar-refractivity contribution in [1.82, 2.24) is 20.0 Å². The van der Waals surface area contributed by atoms with Crippen molar-refractivity contribution in [2.45, 2.75) is 46.8 Å². The van der Waals surface area contributed by atoms with Crippen LogP contribution in [-0.4, -0.2) is 14.7 Å². The van der Waals surface area contributed by atoms with E-state index in [9.17, 15) is 0 Å². The topological polar surface area (TPSA) is 55.9 Å². The third-order valence-electron chi connectivity index (χ3n) is 3.03.